The molecule has 0 heterocycles. The summed E-state index contributed by atoms with van der Waals surface area (Å²) in [6.07, 6.45) is 0.994. The van der Waals surface area contributed by atoms with Crippen LogP contribution in [0.25, 0.3) is 0 Å². The number of halogens is 3. The molecule has 0 bridgehead atoms. The minimum Gasteiger partial charge on any atom is -0.299 e. The molecule has 0 aliphatic heterocycles. The Morgan fingerprint density at radius 3 is 2.62 bits per heavy atom. The van der Waals surface area contributed by atoms with Crippen molar-refractivity contribution in [3.8, 4) is 0 Å². The number of alkyl halides is 1. The molecule has 0 aliphatic carbocycles. The molecule has 0 N–H and O–H groups in total. The van der Waals surface area contributed by atoms with Gasteiger partial charge in [0.2, 0.25) is 0 Å². The lowest BCUT2D eigenvalue weighted by Crippen LogP contribution is -2.24. The molecular formula is C12H16Cl3N. The van der Waals surface area contributed by atoms with Crippen LogP contribution in [0.15, 0.2) is 18.2 Å². The van der Waals surface area contributed by atoms with Crippen molar-refractivity contribution in [2.45, 2.75) is 19.9 Å². The summed E-state index contributed by atoms with van der Waals surface area (Å²) in [6.45, 7) is 4.93. The van der Waals surface area contributed by atoms with Crippen LogP contribution in [0.1, 0.15) is 18.9 Å². The van der Waals surface area contributed by atoms with E-state index in [1.807, 2.05) is 18.2 Å². The zero-order valence-corrected chi connectivity index (χ0v) is 11.6. The van der Waals surface area contributed by atoms with E-state index in [1.54, 1.807) is 0 Å². The van der Waals surface area contributed by atoms with E-state index in [2.05, 4.69) is 11.8 Å². The Labute approximate surface area is 112 Å². The number of nitrogens with zero attached hydrogens (tertiary/aromatic N) is 1. The maximum absolute atomic E-state index is 6.14. The molecule has 1 aromatic rings. The van der Waals surface area contributed by atoms with Gasteiger partial charge in [-0.3, -0.25) is 4.90 Å². The van der Waals surface area contributed by atoms with Crippen LogP contribution in [0.3, 0.4) is 0 Å². The third-order valence-corrected chi connectivity index (χ3v) is 3.61. The molecule has 0 unspecified atom stereocenters. The van der Waals surface area contributed by atoms with Gasteiger partial charge in [-0.15, -0.1) is 11.6 Å². The molecule has 90 valence electrons. The fourth-order valence-electron chi connectivity index (χ4n) is 1.54. The molecule has 1 aromatic carbocycles. The standard InChI is InChI=1S/C12H16Cl3N/c1-2-16(8-4-7-13)9-10-5-3-6-11(14)12(10)15/h3,5-6H,2,4,7-9H2,1H3. The first-order valence-electron chi connectivity index (χ1n) is 5.40. The molecule has 0 atom stereocenters. The van der Waals surface area contributed by atoms with Gasteiger partial charge in [-0.1, -0.05) is 42.3 Å². The maximum atomic E-state index is 6.14. The average molecular weight is 281 g/mol. The summed E-state index contributed by atoms with van der Waals surface area (Å²) in [5.41, 5.74) is 1.07. The van der Waals surface area contributed by atoms with Gasteiger partial charge in [-0.25, -0.2) is 0 Å². The molecule has 1 nitrogen and oxygen atoms in total. The quantitative estimate of drug-likeness (QED) is 0.696. The van der Waals surface area contributed by atoms with Crippen LogP contribution in [-0.4, -0.2) is 23.9 Å². The number of rotatable bonds is 6. The van der Waals surface area contributed by atoms with E-state index >= 15 is 0 Å². The monoisotopic (exact) mass is 279 g/mol. The largest absolute Gasteiger partial charge is 0.299 e. The van der Waals surface area contributed by atoms with Gasteiger partial charge in [0.25, 0.3) is 0 Å². The highest BCUT2D eigenvalue weighted by atomic mass is 35.5. The number of hydrogen-bond donors (Lipinski definition) is 0. The Morgan fingerprint density at radius 2 is 2.00 bits per heavy atom. The highest BCUT2D eigenvalue weighted by molar-refractivity contribution is 6.42. The third-order valence-electron chi connectivity index (χ3n) is 2.48. The van der Waals surface area contributed by atoms with Gasteiger partial charge in [0.05, 0.1) is 10.0 Å². The number of benzene rings is 1. The molecule has 4 heteroatoms. The second-order valence-corrected chi connectivity index (χ2v) is 4.79. The normalized spacial score (nSPS) is 11.1. The zero-order chi connectivity index (χ0) is 12.0. The topological polar surface area (TPSA) is 3.24 Å². The molecule has 0 spiro atoms. The molecule has 0 aliphatic rings. The lowest BCUT2D eigenvalue weighted by molar-refractivity contribution is 0.281. The molecule has 0 fully saturated rings. The Bertz CT molecular complexity index is 328. The fourth-order valence-corrected chi connectivity index (χ4v) is 2.04. The highest BCUT2D eigenvalue weighted by Gasteiger charge is 2.08. The van der Waals surface area contributed by atoms with Crippen LogP contribution in [0.4, 0.5) is 0 Å². The van der Waals surface area contributed by atoms with E-state index in [-0.39, 0.29) is 0 Å². The average Bonchev–Trinajstić information content (AvgIpc) is 2.30. The fraction of sp³-hybridized carbons (Fsp3) is 0.500. The molecule has 1 rings (SSSR count). The predicted octanol–water partition coefficient (Wildman–Crippen LogP) is 4.44. The summed E-state index contributed by atoms with van der Waals surface area (Å²) in [5, 5.41) is 1.28. The van der Waals surface area contributed by atoms with E-state index < -0.39 is 0 Å². The van der Waals surface area contributed by atoms with Gasteiger partial charge in [-0.2, -0.15) is 0 Å². The Hall–Kier alpha value is 0.0500. The second-order valence-electron chi connectivity index (χ2n) is 3.62. The van der Waals surface area contributed by atoms with Gasteiger partial charge in [0, 0.05) is 12.4 Å². The Balaban J connectivity index is 2.66. The first kappa shape index (κ1) is 14.1. The van der Waals surface area contributed by atoms with Crippen molar-refractivity contribution in [2.24, 2.45) is 0 Å². The van der Waals surface area contributed by atoms with Gasteiger partial charge >= 0.3 is 0 Å². The SMILES string of the molecule is CCN(CCCCl)Cc1cccc(Cl)c1Cl. The maximum Gasteiger partial charge on any atom is 0.0637 e. The van der Waals surface area contributed by atoms with Gasteiger partial charge in [0.1, 0.15) is 0 Å². The number of hydrogen-bond acceptors (Lipinski definition) is 1. The molecule has 16 heavy (non-hydrogen) atoms. The first-order valence-corrected chi connectivity index (χ1v) is 6.69. The smallest absolute Gasteiger partial charge is 0.0637 e. The summed E-state index contributed by atoms with van der Waals surface area (Å²) in [7, 11) is 0. The van der Waals surface area contributed by atoms with E-state index in [0.29, 0.717) is 15.9 Å². The predicted molar refractivity (Wildman–Crippen MR) is 72.8 cm³/mol. The summed E-state index contributed by atoms with van der Waals surface area (Å²) in [5.74, 6) is 0.694. The second kappa shape index (κ2) is 7.39. The van der Waals surface area contributed by atoms with E-state index in [0.717, 1.165) is 31.6 Å². The van der Waals surface area contributed by atoms with Crippen LogP contribution < -0.4 is 0 Å². The third kappa shape index (κ3) is 4.14. The molecule has 0 aromatic heterocycles. The first-order chi connectivity index (χ1) is 7.69. The van der Waals surface area contributed by atoms with Crippen LogP contribution in [-0.2, 0) is 6.54 Å². The molecule has 0 saturated carbocycles. The molecule has 0 amide bonds. The summed E-state index contributed by atoms with van der Waals surface area (Å²) in [4.78, 5) is 2.31. The lowest BCUT2D eigenvalue weighted by Gasteiger charge is -2.20. The molecule has 0 saturated heterocycles. The van der Waals surface area contributed by atoms with Crippen molar-refractivity contribution in [2.75, 3.05) is 19.0 Å². The minimum atomic E-state index is 0.618. The van der Waals surface area contributed by atoms with Crippen molar-refractivity contribution < 1.29 is 0 Å². The van der Waals surface area contributed by atoms with Crippen molar-refractivity contribution in [1.82, 2.24) is 4.90 Å². The van der Waals surface area contributed by atoms with Gasteiger partial charge in [-0.05, 0) is 31.1 Å². The minimum absolute atomic E-state index is 0.618. The lowest BCUT2D eigenvalue weighted by atomic mass is 10.2. The summed E-state index contributed by atoms with van der Waals surface area (Å²) < 4.78 is 0. The molecular weight excluding hydrogens is 264 g/mol. The van der Waals surface area contributed by atoms with Crippen molar-refractivity contribution >= 4 is 34.8 Å². The van der Waals surface area contributed by atoms with Gasteiger partial charge < -0.3 is 0 Å². The summed E-state index contributed by atoms with van der Waals surface area (Å²) in [6, 6.07) is 5.75. The van der Waals surface area contributed by atoms with E-state index in [1.165, 1.54) is 0 Å². The van der Waals surface area contributed by atoms with Crippen LogP contribution >= 0.6 is 34.8 Å². The highest BCUT2D eigenvalue weighted by Crippen LogP contribution is 2.26. The van der Waals surface area contributed by atoms with Crippen LogP contribution in [0.2, 0.25) is 10.0 Å². The zero-order valence-electron chi connectivity index (χ0n) is 9.35. The van der Waals surface area contributed by atoms with Gasteiger partial charge in [0.15, 0.2) is 0 Å². The Kier molecular flexibility index (Phi) is 6.52. The van der Waals surface area contributed by atoms with Crippen molar-refractivity contribution in [3.63, 3.8) is 0 Å². The van der Waals surface area contributed by atoms with Crippen LogP contribution in [0.5, 0.6) is 0 Å². The summed E-state index contributed by atoms with van der Waals surface area (Å²) >= 11 is 17.8. The van der Waals surface area contributed by atoms with E-state index in [9.17, 15) is 0 Å². The Morgan fingerprint density at radius 1 is 1.25 bits per heavy atom. The van der Waals surface area contributed by atoms with E-state index in [4.69, 9.17) is 34.8 Å². The van der Waals surface area contributed by atoms with Crippen molar-refractivity contribution in [3.05, 3.63) is 33.8 Å². The molecule has 0 radical (unpaired) electrons. The van der Waals surface area contributed by atoms with Crippen LogP contribution in [0, 0.1) is 0 Å². The van der Waals surface area contributed by atoms with Crippen molar-refractivity contribution in [1.29, 1.82) is 0 Å².